The Labute approximate surface area is 125 Å². The van der Waals surface area contributed by atoms with Crippen LogP contribution in [0.4, 0.5) is 0 Å². The summed E-state index contributed by atoms with van der Waals surface area (Å²) >= 11 is 3.29. The van der Waals surface area contributed by atoms with E-state index in [1.165, 1.54) is 0 Å². The van der Waals surface area contributed by atoms with Gasteiger partial charge in [0.15, 0.2) is 6.10 Å². The van der Waals surface area contributed by atoms with Gasteiger partial charge in [-0.25, -0.2) is 4.79 Å². The molecular weight excluding hydrogens is 320 g/mol. The Morgan fingerprint density at radius 1 is 0.950 bits per heavy atom. The molecule has 0 bridgehead atoms. The summed E-state index contributed by atoms with van der Waals surface area (Å²) in [6, 6.07) is 15.6. The van der Waals surface area contributed by atoms with Crippen molar-refractivity contribution in [1.29, 1.82) is 0 Å². The van der Waals surface area contributed by atoms with Crippen LogP contribution in [-0.4, -0.2) is 17.9 Å². The van der Waals surface area contributed by atoms with Crippen molar-refractivity contribution in [3.63, 3.8) is 0 Å². The predicted octanol–water partition coefficient (Wildman–Crippen LogP) is 3.88. The van der Waals surface area contributed by atoms with E-state index in [-0.39, 0.29) is 5.78 Å². The minimum Gasteiger partial charge on any atom is -0.451 e. The van der Waals surface area contributed by atoms with Crippen molar-refractivity contribution in [2.45, 2.75) is 13.0 Å². The molecule has 20 heavy (non-hydrogen) atoms. The second-order valence-electron chi connectivity index (χ2n) is 4.28. The lowest BCUT2D eigenvalue weighted by atomic mass is 10.1. The fraction of sp³-hybridized carbons (Fsp3) is 0.125. The SMILES string of the molecule is C[C@H](OC(=O)c1ccc(Br)cc1)C(=O)c1ccccc1. The molecule has 4 heteroatoms. The van der Waals surface area contributed by atoms with Crippen LogP contribution in [-0.2, 0) is 4.74 Å². The van der Waals surface area contributed by atoms with E-state index in [4.69, 9.17) is 4.74 Å². The van der Waals surface area contributed by atoms with E-state index in [9.17, 15) is 9.59 Å². The Balaban J connectivity index is 2.04. The largest absolute Gasteiger partial charge is 0.451 e. The highest BCUT2D eigenvalue weighted by Gasteiger charge is 2.20. The standard InChI is InChI=1S/C16H13BrO3/c1-11(15(18)12-5-3-2-4-6-12)20-16(19)13-7-9-14(17)10-8-13/h2-11H,1H3/t11-/m0/s1. The molecule has 1 atom stereocenters. The van der Waals surface area contributed by atoms with Gasteiger partial charge in [-0.2, -0.15) is 0 Å². The molecular formula is C16H13BrO3. The first-order valence-electron chi connectivity index (χ1n) is 6.14. The van der Waals surface area contributed by atoms with E-state index in [1.54, 1.807) is 55.5 Å². The summed E-state index contributed by atoms with van der Waals surface area (Å²) in [4.78, 5) is 24.0. The number of esters is 1. The molecule has 2 rings (SSSR count). The van der Waals surface area contributed by atoms with Crippen LogP contribution in [0, 0.1) is 0 Å². The molecule has 0 radical (unpaired) electrons. The first kappa shape index (κ1) is 14.5. The van der Waals surface area contributed by atoms with Crippen LogP contribution < -0.4 is 0 Å². The van der Waals surface area contributed by atoms with Crippen LogP contribution in [0.3, 0.4) is 0 Å². The van der Waals surface area contributed by atoms with Crippen LogP contribution in [0.15, 0.2) is 59.1 Å². The lowest BCUT2D eigenvalue weighted by Gasteiger charge is -2.12. The Kier molecular flexibility index (Phi) is 4.69. The number of hydrogen-bond donors (Lipinski definition) is 0. The fourth-order valence-corrected chi connectivity index (χ4v) is 1.97. The van der Waals surface area contributed by atoms with Gasteiger partial charge in [-0.3, -0.25) is 4.79 Å². The molecule has 2 aromatic rings. The van der Waals surface area contributed by atoms with Crippen LogP contribution in [0.5, 0.6) is 0 Å². The lowest BCUT2D eigenvalue weighted by molar-refractivity contribution is 0.0319. The third-order valence-electron chi connectivity index (χ3n) is 2.79. The summed E-state index contributed by atoms with van der Waals surface area (Å²) in [7, 11) is 0. The van der Waals surface area contributed by atoms with Crippen LogP contribution in [0.2, 0.25) is 0 Å². The predicted molar refractivity (Wildman–Crippen MR) is 79.8 cm³/mol. The van der Waals surface area contributed by atoms with Gasteiger partial charge in [0.05, 0.1) is 5.56 Å². The average Bonchev–Trinajstić information content (AvgIpc) is 2.48. The van der Waals surface area contributed by atoms with Crippen LogP contribution in [0.1, 0.15) is 27.6 Å². The monoisotopic (exact) mass is 332 g/mol. The van der Waals surface area contributed by atoms with Crippen molar-refractivity contribution in [2.75, 3.05) is 0 Å². The Morgan fingerprint density at radius 2 is 1.55 bits per heavy atom. The van der Waals surface area contributed by atoms with Gasteiger partial charge < -0.3 is 4.74 Å². The number of benzene rings is 2. The smallest absolute Gasteiger partial charge is 0.338 e. The zero-order valence-electron chi connectivity index (χ0n) is 10.9. The molecule has 0 aliphatic heterocycles. The van der Waals surface area contributed by atoms with E-state index >= 15 is 0 Å². The summed E-state index contributed by atoms with van der Waals surface area (Å²) in [5, 5.41) is 0. The van der Waals surface area contributed by atoms with Gasteiger partial charge in [0, 0.05) is 10.0 Å². The third kappa shape index (κ3) is 3.54. The van der Waals surface area contributed by atoms with Crippen molar-refractivity contribution in [2.24, 2.45) is 0 Å². The summed E-state index contributed by atoms with van der Waals surface area (Å²) < 4.78 is 6.07. The number of ketones is 1. The highest BCUT2D eigenvalue weighted by atomic mass is 79.9. The summed E-state index contributed by atoms with van der Waals surface area (Å²) in [6.45, 7) is 1.58. The van der Waals surface area contributed by atoms with Crippen molar-refractivity contribution < 1.29 is 14.3 Å². The summed E-state index contributed by atoms with van der Waals surface area (Å²) in [5.41, 5.74) is 0.949. The van der Waals surface area contributed by atoms with Gasteiger partial charge in [0.2, 0.25) is 5.78 Å². The Hall–Kier alpha value is -1.94. The van der Waals surface area contributed by atoms with E-state index in [2.05, 4.69) is 15.9 Å². The van der Waals surface area contributed by atoms with Gasteiger partial charge in [-0.1, -0.05) is 46.3 Å². The molecule has 102 valence electrons. The maximum Gasteiger partial charge on any atom is 0.338 e. The maximum atomic E-state index is 12.1. The van der Waals surface area contributed by atoms with Crippen molar-refractivity contribution in [3.05, 3.63) is 70.2 Å². The average molecular weight is 333 g/mol. The molecule has 0 aliphatic carbocycles. The first-order valence-corrected chi connectivity index (χ1v) is 6.93. The van der Waals surface area contributed by atoms with Gasteiger partial charge in [0.1, 0.15) is 0 Å². The second kappa shape index (κ2) is 6.48. The van der Waals surface area contributed by atoms with E-state index < -0.39 is 12.1 Å². The number of carbonyl (C=O) groups excluding carboxylic acids is 2. The normalized spacial score (nSPS) is 11.7. The summed E-state index contributed by atoms with van der Waals surface area (Å²) in [6.07, 6.45) is -0.812. The second-order valence-corrected chi connectivity index (χ2v) is 5.20. The van der Waals surface area contributed by atoms with Crippen molar-refractivity contribution in [1.82, 2.24) is 0 Å². The molecule has 0 fully saturated rings. The number of rotatable bonds is 4. The first-order chi connectivity index (χ1) is 9.58. The minimum absolute atomic E-state index is 0.212. The fourth-order valence-electron chi connectivity index (χ4n) is 1.71. The molecule has 0 amide bonds. The van der Waals surface area contributed by atoms with E-state index in [0.29, 0.717) is 11.1 Å². The number of hydrogen-bond acceptors (Lipinski definition) is 3. The zero-order chi connectivity index (χ0) is 14.5. The molecule has 0 aromatic heterocycles. The minimum atomic E-state index is -0.812. The van der Waals surface area contributed by atoms with Gasteiger partial charge >= 0.3 is 5.97 Å². The molecule has 0 unspecified atom stereocenters. The van der Waals surface area contributed by atoms with Crippen LogP contribution >= 0.6 is 15.9 Å². The molecule has 0 saturated carbocycles. The molecule has 0 spiro atoms. The van der Waals surface area contributed by atoms with Gasteiger partial charge in [0.25, 0.3) is 0 Å². The topological polar surface area (TPSA) is 43.4 Å². The van der Waals surface area contributed by atoms with Crippen molar-refractivity contribution in [3.8, 4) is 0 Å². The highest BCUT2D eigenvalue weighted by molar-refractivity contribution is 9.10. The zero-order valence-corrected chi connectivity index (χ0v) is 12.5. The number of Topliss-reactive ketones (excluding diaryl/α,β-unsaturated/α-hetero) is 1. The maximum absolute atomic E-state index is 12.1. The molecule has 2 aromatic carbocycles. The van der Waals surface area contributed by atoms with E-state index in [1.807, 2.05) is 6.07 Å². The lowest BCUT2D eigenvalue weighted by Crippen LogP contribution is -2.24. The quantitative estimate of drug-likeness (QED) is 0.630. The molecule has 0 N–H and O–H groups in total. The Morgan fingerprint density at radius 3 is 2.15 bits per heavy atom. The molecule has 0 saturated heterocycles. The third-order valence-corrected chi connectivity index (χ3v) is 3.32. The van der Waals surface area contributed by atoms with Gasteiger partial charge in [-0.15, -0.1) is 0 Å². The molecule has 0 aliphatic rings. The van der Waals surface area contributed by atoms with Crippen molar-refractivity contribution >= 4 is 27.7 Å². The van der Waals surface area contributed by atoms with E-state index in [0.717, 1.165) is 4.47 Å². The number of carbonyl (C=O) groups is 2. The Bertz CT molecular complexity index is 605. The van der Waals surface area contributed by atoms with Gasteiger partial charge in [-0.05, 0) is 31.2 Å². The number of halogens is 1. The number of ether oxygens (including phenoxy) is 1. The summed E-state index contributed by atoms with van der Waals surface area (Å²) in [5.74, 6) is -0.717. The highest BCUT2D eigenvalue weighted by Crippen LogP contribution is 2.13. The molecule has 3 nitrogen and oxygen atoms in total. The molecule has 0 heterocycles. The van der Waals surface area contributed by atoms with Crippen LogP contribution in [0.25, 0.3) is 0 Å².